The van der Waals surface area contributed by atoms with E-state index in [0.717, 1.165) is 16.6 Å². The molecule has 3 rings (SSSR count). The van der Waals surface area contributed by atoms with Crippen LogP contribution in [0.4, 0.5) is 0 Å². The van der Waals surface area contributed by atoms with Gasteiger partial charge in [0.05, 0.1) is 16.7 Å². The van der Waals surface area contributed by atoms with Crippen LogP contribution in [0, 0.1) is 0 Å². The van der Waals surface area contributed by atoms with Crippen LogP contribution in [0.3, 0.4) is 0 Å². The van der Waals surface area contributed by atoms with Crippen LogP contribution in [0.5, 0.6) is 0 Å². The van der Waals surface area contributed by atoms with Gasteiger partial charge in [-0.25, -0.2) is 4.98 Å². The third-order valence-corrected chi connectivity index (χ3v) is 3.26. The fourth-order valence-corrected chi connectivity index (χ4v) is 2.19. The van der Waals surface area contributed by atoms with E-state index in [4.69, 9.17) is 0 Å². The molecule has 1 aromatic carbocycles. The molecule has 0 saturated carbocycles. The first-order valence-corrected chi connectivity index (χ1v) is 6.85. The van der Waals surface area contributed by atoms with E-state index in [2.05, 4.69) is 19.9 Å². The van der Waals surface area contributed by atoms with Gasteiger partial charge >= 0.3 is 0 Å². The molecule has 0 aliphatic rings. The number of aromatic nitrogens is 4. The van der Waals surface area contributed by atoms with E-state index in [0.29, 0.717) is 10.9 Å². The summed E-state index contributed by atoms with van der Waals surface area (Å²) in [6, 6.07) is 7.13. The third-order valence-electron chi connectivity index (χ3n) is 2.68. The highest BCUT2D eigenvalue weighted by atomic mass is 32.2. The summed E-state index contributed by atoms with van der Waals surface area (Å²) < 4.78 is 0. The second-order valence-corrected chi connectivity index (χ2v) is 4.69. The molecule has 5 nitrogen and oxygen atoms in total. The average Bonchev–Trinajstić information content (AvgIpc) is 2.46. The number of nitrogens with zero attached hydrogens (tertiary/aromatic N) is 3. The van der Waals surface area contributed by atoms with Crippen molar-refractivity contribution in [2.75, 3.05) is 6.26 Å². The van der Waals surface area contributed by atoms with Crippen molar-refractivity contribution in [1.29, 1.82) is 0 Å². The second-order valence-electron chi connectivity index (χ2n) is 3.90. The first-order valence-electron chi connectivity index (χ1n) is 5.63. The van der Waals surface area contributed by atoms with E-state index in [1.165, 1.54) is 17.8 Å². The normalized spacial score (nSPS) is 10.8. The molecule has 0 unspecified atom stereocenters. The van der Waals surface area contributed by atoms with Crippen molar-refractivity contribution in [2.45, 2.75) is 5.16 Å². The SMILES string of the molecule is CSc1nc(-c2ccc3nccnc3c2)cc(=O)[nH]1. The fourth-order valence-electron chi connectivity index (χ4n) is 1.80. The van der Waals surface area contributed by atoms with E-state index in [9.17, 15) is 4.79 Å². The fraction of sp³-hybridized carbons (Fsp3) is 0.0769. The molecular weight excluding hydrogens is 260 g/mol. The molecule has 2 aromatic heterocycles. The molecule has 0 atom stereocenters. The van der Waals surface area contributed by atoms with Crippen LogP contribution in [0.15, 0.2) is 46.6 Å². The van der Waals surface area contributed by atoms with Gasteiger partial charge in [0, 0.05) is 24.0 Å². The highest BCUT2D eigenvalue weighted by Gasteiger charge is 2.05. The Morgan fingerprint density at radius 2 is 1.89 bits per heavy atom. The maximum absolute atomic E-state index is 11.6. The predicted octanol–water partition coefficient (Wildman–Crippen LogP) is 2.10. The maximum Gasteiger partial charge on any atom is 0.252 e. The summed E-state index contributed by atoms with van der Waals surface area (Å²) in [4.78, 5) is 27.1. The van der Waals surface area contributed by atoms with Gasteiger partial charge in [0.15, 0.2) is 5.16 Å². The smallest absolute Gasteiger partial charge is 0.252 e. The van der Waals surface area contributed by atoms with Gasteiger partial charge in [-0.2, -0.15) is 0 Å². The quantitative estimate of drug-likeness (QED) is 0.570. The van der Waals surface area contributed by atoms with Gasteiger partial charge in [-0.05, 0) is 18.4 Å². The second kappa shape index (κ2) is 4.81. The van der Waals surface area contributed by atoms with Crippen molar-refractivity contribution < 1.29 is 0 Å². The number of hydrogen-bond donors (Lipinski definition) is 1. The van der Waals surface area contributed by atoms with Gasteiger partial charge < -0.3 is 4.98 Å². The first-order chi connectivity index (χ1) is 9.26. The first kappa shape index (κ1) is 11.9. The summed E-state index contributed by atoms with van der Waals surface area (Å²) in [5, 5.41) is 0.599. The summed E-state index contributed by atoms with van der Waals surface area (Å²) in [5.41, 5.74) is 2.94. The Labute approximate surface area is 113 Å². The topological polar surface area (TPSA) is 71.5 Å². The minimum absolute atomic E-state index is 0.159. The predicted molar refractivity (Wildman–Crippen MR) is 75.2 cm³/mol. The zero-order valence-electron chi connectivity index (χ0n) is 10.1. The molecule has 0 aliphatic heterocycles. The van der Waals surface area contributed by atoms with E-state index in [1.807, 2.05) is 24.5 Å². The third kappa shape index (κ3) is 2.34. The average molecular weight is 270 g/mol. The molecule has 0 saturated heterocycles. The number of aromatic amines is 1. The number of fused-ring (bicyclic) bond motifs is 1. The van der Waals surface area contributed by atoms with Crippen molar-refractivity contribution in [2.24, 2.45) is 0 Å². The van der Waals surface area contributed by atoms with E-state index < -0.39 is 0 Å². The lowest BCUT2D eigenvalue weighted by molar-refractivity contribution is 0.945. The summed E-state index contributed by atoms with van der Waals surface area (Å²) >= 11 is 1.40. The van der Waals surface area contributed by atoms with Gasteiger partial charge in [0.25, 0.3) is 5.56 Å². The lowest BCUT2D eigenvalue weighted by Crippen LogP contribution is -2.07. The van der Waals surface area contributed by atoms with Gasteiger partial charge in [0.2, 0.25) is 0 Å². The van der Waals surface area contributed by atoms with Crippen molar-refractivity contribution in [3.63, 3.8) is 0 Å². The Morgan fingerprint density at radius 1 is 1.11 bits per heavy atom. The number of hydrogen-bond acceptors (Lipinski definition) is 5. The molecule has 0 radical (unpaired) electrons. The van der Waals surface area contributed by atoms with Crippen LogP contribution in [0.2, 0.25) is 0 Å². The minimum Gasteiger partial charge on any atom is -0.301 e. The van der Waals surface area contributed by atoms with Gasteiger partial charge in [-0.3, -0.25) is 14.8 Å². The van der Waals surface area contributed by atoms with E-state index in [1.54, 1.807) is 12.4 Å². The highest BCUT2D eigenvalue weighted by molar-refractivity contribution is 7.98. The van der Waals surface area contributed by atoms with Crippen molar-refractivity contribution >= 4 is 22.8 Å². The van der Waals surface area contributed by atoms with E-state index in [-0.39, 0.29) is 5.56 Å². The lowest BCUT2D eigenvalue weighted by atomic mass is 10.1. The molecule has 2 heterocycles. The van der Waals surface area contributed by atoms with Crippen molar-refractivity contribution in [3.8, 4) is 11.3 Å². The molecule has 0 spiro atoms. The Hall–Kier alpha value is -2.21. The molecule has 1 N–H and O–H groups in total. The molecular formula is C13H10N4OS. The minimum atomic E-state index is -0.159. The van der Waals surface area contributed by atoms with E-state index >= 15 is 0 Å². The number of nitrogens with one attached hydrogen (secondary N) is 1. The summed E-state index contributed by atoms with van der Waals surface area (Å²) in [5.74, 6) is 0. The molecule has 0 fully saturated rings. The zero-order chi connectivity index (χ0) is 13.2. The molecule has 0 bridgehead atoms. The van der Waals surface area contributed by atoms with Crippen LogP contribution in [0.1, 0.15) is 0 Å². The molecule has 0 aliphatic carbocycles. The monoisotopic (exact) mass is 270 g/mol. The zero-order valence-corrected chi connectivity index (χ0v) is 10.9. The highest BCUT2D eigenvalue weighted by Crippen LogP contribution is 2.21. The van der Waals surface area contributed by atoms with Crippen LogP contribution in [-0.2, 0) is 0 Å². The number of rotatable bonds is 2. The molecule has 0 amide bonds. The molecule has 94 valence electrons. The Bertz CT molecular complexity index is 800. The van der Waals surface area contributed by atoms with Crippen LogP contribution >= 0.6 is 11.8 Å². The van der Waals surface area contributed by atoms with Gasteiger partial charge in [-0.1, -0.05) is 17.8 Å². The number of benzene rings is 1. The lowest BCUT2D eigenvalue weighted by Gasteiger charge is -2.03. The van der Waals surface area contributed by atoms with Crippen LogP contribution in [0.25, 0.3) is 22.3 Å². The molecule has 6 heteroatoms. The largest absolute Gasteiger partial charge is 0.301 e. The van der Waals surface area contributed by atoms with Crippen LogP contribution < -0.4 is 5.56 Å². The Balaban J connectivity index is 2.18. The summed E-state index contributed by atoms with van der Waals surface area (Å²) in [6.07, 6.45) is 5.16. The number of H-pyrrole nitrogens is 1. The molecule has 19 heavy (non-hydrogen) atoms. The van der Waals surface area contributed by atoms with Crippen molar-refractivity contribution in [1.82, 2.24) is 19.9 Å². The maximum atomic E-state index is 11.6. The van der Waals surface area contributed by atoms with Gasteiger partial charge in [0.1, 0.15) is 0 Å². The van der Waals surface area contributed by atoms with Gasteiger partial charge in [-0.15, -0.1) is 0 Å². The Kier molecular flexibility index (Phi) is 3.00. The number of thioether (sulfide) groups is 1. The summed E-state index contributed by atoms with van der Waals surface area (Å²) in [7, 11) is 0. The van der Waals surface area contributed by atoms with Crippen molar-refractivity contribution in [3.05, 3.63) is 47.0 Å². The summed E-state index contributed by atoms with van der Waals surface area (Å²) in [6.45, 7) is 0. The Morgan fingerprint density at radius 3 is 2.68 bits per heavy atom. The molecule has 3 aromatic rings. The van der Waals surface area contributed by atoms with Crippen LogP contribution in [-0.4, -0.2) is 26.2 Å². The standard InChI is InChI=1S/C13H10N4OS/c1-19-13-16-10(7-12(18)17-13)8-2-3-9-11(6-8)15-5-4-14-9/h2-7H,1H3,(H,16,17,18).